The molecule has 2 rings (SSSR count). The van der Waals surface area contributed by atoms with E-state index in [1.165, 1.54) is 0 Å². The zero-order valence-corrected chi connectivity index (χ0v) is 15.7. The van der Waals surface area contributed by atoms with E-state index < -0.39 is 0 Å². The van der Waals surface area contributed by atoms with Gasteiger partial charge in [-0.1, -0.05) is 17.7 Å². The molecular weight excluding hydrogens is 394 g/mol. The maximum absolute atomic E-state index is 11.9. The number of amides is 1. The minimum Gasteiger partial charge on any atom is -0.493 e. The van der Waals surface area contributed by atoms with Gasteiger partial charge in [0.25, 0.3) is 0 Å². The number of anilines is 1. The fraction of sp³-hybridized carbons (Fsp3) is 0.294. The van der Waals surface area contributed by atoms with Gasteiger partial charge in [-0.15, -0.1) is 0 Å². The number of carbonyl (C=O) groups excluding carboxylic acids is 1. The Morgan fingerprint density at radius 2 is 2.21 bits per heavy atom. The quantitative estimate of drug-likeness (QED) is 0.669. The highest BCUT2D eigenvalue weighted by molar-refractivity contribution is 9.10. The van der Waals surface area contributed by atoms with Crippen molar-refractivity contribution in [3.63, 3.8) is 0 Å². The van der Waals surface area contributed by atoms with Crippen LogP contribution in [0.15, 0.2) is 47.1 Å². The van der Waals surface area contributed by atoms with Crippen LogP contribution in [0, 0.1) is 0 Å². The summed E-state index contributed by atoms with van der Waals surface area (Å²) >= 11 is 9.21. The van der Waals surface area contributed by atoms with Gasteiger partial charge in [-0.3, -0.25) is 9.69 Å². The average Bonchev–Trinajstić information content (AvgIpc) is 2.54. The Kier molecular flexibility index (Phi) is 7.49. The van der Waals surface area contributed by atoms with Crippen LogP contribution in [0.5, 0.6) is 5.75 Å². The lowest BCUT2D eigenvalue weighted by molar-refractivity contribution is -0.117. The molecule has 1 N–H and O–H groups in total. The summed E-state index contributed by atoms with van der Waals surface area (Å²) in [4.78, 5) is 18.0. The van der Waals surface area contributed by atoms with Gasteiger partial charge in [0.2, 0.25) is 5.91 Å². The van der Waals surface area contributed by atoms with Crippen molar-refractivity contribution >= 4 is 39.3 Å². The number of nitrogens with zero attached hydrogens (tertiary/aromatic N) is 2. The van der Waals surface area contributed by atoms with Crippen LogP contribution in [0.4, 0.5) is 5.82 Å². The van der Waals surface area contributed by atoms with Crippen LogP contribution in [0.1, 0.15) is 6.42 Å². The van der Waals surface area contributed by atoms with Crippen molar-refractivity contribution in [2.24, 2.45) is 0 Å². The highest BCUT2D eigenvalue weighted by Gasteiger charge is 2.07. The molecule has 128 valence electrons. The molecule has 1 amide bonds. The van der Waals surface area contributed by atoms with E-state index in [-0.39, 0.29) is 5.91 Å². The van der Waals surface area contributed by atoms with Crippen molar-refractivity contribution in [2.75, 3.05) is 32.1 Å². The second-order valence-electron chi connectivity index (χ2n) is 5.31. The Bertz CT molecular complexity index is 667. The maximum Gasteiger partial charge on any atom is 0.239 e. The van der Waals surface area contributed by atoms with Crippen LogP contribution in [0.2, 0.25) is 5.02 Å². The van der Waals surface area contributed by atoms with Crippen LogP contribution < -0.4 is 10.1 Å². The molecule has 1 aromatic carbocycles. The van der Waals surface area contributed by atoms with E-state index in [2.05, 4.69) is 26.2 Å². The van der Waals surface area contributed by atoms with Gasteiger partial charge in [0, 0.05) is 22.2 Å². The summed E-state index contributed by atoms with van der Waals surface area (Å²) < 4.78 is 6.50. The standard InChI is InChI=1S/C17H19BrClN3O2/c1-22(8-3-9-24-15-5-2-4-14(19)10-15)12-17(23)21-16-7-6-13(18)11-20-16/h2,4-7,10-11H,3,8-9,12H2,1H3,(H,20,21,23). The molecule has 0 aliphatic heterocycles. The smallest absolute Gasteiger partial charge is 0.239 e. The van der Waals surface area contributed by atoms with Crippen molar-refractivity contribution < 1.29 is 9.53 Å². The third-order valence-electron chi connectivity index (χ3n) is 3.16. The van der Waals surface area contributed by atoms with Gasteiger partial charge in [-0.05, 0) is 59.7 Å². The fourth-order valence-electron chi connectivity index (χ4n) is 2.04. The normalized spacial score (nSPS) is 10.7. The van der Waals surface area contributed by atoms with Crippen LogP contribution >= 0.6 is 27.5 Å². The molecule has 1 aromatic heterocycles. The monoisotopic (exact) mass is 411 g/mol. The molecule has 0 bridgehead atoms. The third-order valence-corrected chi connectivity index (χ3v) is 3.86. The summed E-state index contributed by atoms with van der Waals surface area (Å²) in [7, 11) is 1.90. The molecule has 0 saturated carbocycles. The molecule has 0 fully saturated rings. The van der Waals surface area contributed by atoms with Gasteiger partial charge in [0.1, 0.15) is 11.6 Å². The first-order valence-electron chi connectivity index (χ1n) is 7.51. The molecule has 1 heterocycles. The molecule has 0 spiro atoms. The van der Waals surface area contributed by atoms with Gasteiger partial charge in [-0.25, -0.2) is 4.98 Å². The number of pyridine rings is 1. The summed E-state index contributed by atoms with van der Waals surface area (Å²) in [6, 6.07) is 10.9. The maximum atomic E-state index is 11.9. The molecule has 24 heavy (non-hydrogen) atoms. The van der Waals surface area contributed by atoms with Gasteiger partial charge in [0.05, 0.1) is 13.2 Å². The molecule has 0 aliphatic carbocycles. The Morgan fingerprint density at radius 1 is 1.38 bits per heavy atom. The Labute approximate surface area is 155 Å². The largest absolute Gasteiger partial charge is 0.493 e. The predicted octanol–water partition coefficient (Wildman–Crippen LogP) is 3.84. The highest BCUT2D eigenvalue weighted by Crippen LogP contribution is 2.17. The zero-order chi connectivity index (χ0) is 17.4. The molecule has 0 saturated heterocycles. The highest BCUT2D eigenvalue weighted by atomic mass is 79.9. The second kappa shape index (κ2) is 9.61. The number of nitrogens with one attached hydrogen (secondary N) is 1. The summed E-state index contributed by atoms with van der Waals surface area (Å²) in [6.07, 6.45) is 2.46. The number of benzene rings is 1. The first kappa shape index (κ1) is 18.7. The number of hydrogen-bond donors (Lipinski definition) is 1. The SMILES string of the molecule is CN(CCCOc1cccc(Cl)c1)CC(=O)Nc1ccc(Br)cn1. The molecule has 0 unspecified atom stereocenters. The summed E-state index contributed by atoms with van der Waals surface area (Å²) in [5.41, 5.74) is 0. The summed E-state index contributed by atoms with van der Waals surface area (Å²) in [6.45, 7) is 1.62. The predicted molar refractivity (Wildman–Crippen MR) is 99.6 cm³/mol. The van der Waals surface area contributed by atoms with E-state index in [9.17, 15) is 4.79 Å². The summed E-state index contributed by atoms with van der Waals surface area (Å²) in [5.74, 6) is 1.20. The van der Waals surface area contributed by atoms with Crippen molar-refractivity contribution in [1.29, 1.82) is 0 Å². The second-order valence-corrected chi connectivity index (χ2v) is 6.66. The van der Waals surface area contributed by atoms with Crippen LogP contribution in [-0.4, -0.2) is 42.5 Å². The molecule has 0 atom stereocenters. The number of rotatable bonds is 8. The van der Waals surface area contributed by atoms with E-state index in [0.29, 0.717) is 24.0 Å². The lowest BCUT2D eigenvalue weighted by atomic mass is 10.3. The topological polar surface area (TPSA) is 54.5 Å². The average molecular weight is 413 g/mol. The van der Waals surface area contributed by atoms with E-state index in [1.807, 2.05) is 30.1 Å². The lowest BCUT2D eigenvalue weighted by Crippen LogP contribution is -2.31. The van der Waals surface area contributed by atoms with Gasteiger partial charge < -0.3 is 10.1 Å². The first-order valence-corrected chi connectivity index (χ1v) is 8.68. The number of carbonyl (C=O) groups is 1. The number of hydrogen-bond acceptors (Lipinski definition) is 4. The van der Waals surface area contributed by atoms with Crippen molar-refractivity contribution in [3.8, 4) is 5.75 Å². The number of ether oxygens (including phenoxy) is 1. The number of halogens is 2. The van der Waals surface area contributed by atoms with E-state index in [4.69, 9.17) is 16.3 Å². The van der Waals surface area contributed by atoms with Crippen LogP contribution in [0.25, 0.3) is 0 Å². The third kappa shape index (κ3) is 6.86. The van der Waals surface area contributed by atoms with Crippen molar-refractivity contribution in [2.45, 2.75) is 6.42 Å². The Hall–Kier alpha value is -1.63. The molecular formula is C17H19BrClN3O2. The van der Waals surface area contributed by atoms with E-state index >= 15 is 0 Å². The van der Waals surface area contributed by atoms with Gasteiger partial charge in [0.15, 0.2) is 0 Å². The minimum absolute atomic E-state index is 0.0944. The lowest BCUT2D eigenvalue weighted by Gasteiger charge is -2.16. The van der Waals surface area contributed by atoms with Crippen molar-refractivity contribution in [3.05, 3.63) is 52.1 Å². The van der Waals surface area contributed by atoms with Crippen LogP contribution in [0.3, 0.4) is 0 Å². The molecule has 7 heteroatoms. The Balaban J connectivity index is 1.64. The van der Waals surface area contributed by atoms with E-state index in [1.54, 1.807) is 24.4 Å². The van der Waals surface area contributed by atoms with E-state index in [0.717, 1.165) is 23.2 Å². The van der Waals surface area contributed by atoms with Crippen molar-refractivity contribution in [1.82, 2.24) is 9.88 Å². The number of aromatic nitrogens is 1. The summed E-state index contributed by atoms with van der Waals surface area (Å²) in [5, 5.41) is 3.42. The first-order chi connectivity index (χ1) is 11.5. The van der Waals surface area contributed by atoms with Gasteiger partial charge in [-0.2, -0.15) is 0 Å². The minimum atomic E-state index is -0.0944. The molecule has 2 aromatic rings. The van der Waals surface area contributed by atoms with Crippen LogP contribution in [-0.2, 0) is 4.79 Å². The molecule has 0 radical (unpaired) electrons. The zero-order valence-electron chi connectivity index (χ0n) is 13.3. The van der Waals surface area contributed by atoms with Gasteiger partial charge >= 0.3 is 0 Å². The fourth-order valence-corrected chi connectivity index (χ4v) is 2.45. The Morgan fingerprint density at radius 3 is 2.92 bits per heavy atom. The molecule has 0 aliphatic rings. The number of likely N-dealkylation sites (N-methyl/N-ethyl adjacent to an activating group) is 1. The molecule has 5 nitrogen and oxygen atoms in total.